The molecular formula is C29H30N2O7. The molecule has 38 heavy (non-hydrogen) atoms. The number of hydrogen-bond donors (Lipinski definition) is 5. The van der Waals surface area contributed by atoms with Gasteiger partial charge in [-0.25, -0.2) is 0 Å². The number of aromatic hydroxyl groups is 1. The van der Waals surface area contributed by atoms with E-state index in [0.29, 0.717) is 11.1 Å². The number of hydrogen-bond acceptors (Lipinski definition) is 8. The maximum Gasteiger partial charge on any atom is 0.255 e. The molecule has 0 unspecified atom stereocenters. The summed E-state index contributed by atoms with van der Waals surface area (Å²) in [7, 11) is 3.66. The summed E-state index contributed by atoms with van der Waals surface area (Å²) in [5, 5.41) is 44.5. The van der Waals surface area contributed by atoms with Gasteiger partial charge in [0, 0.05) is 43.3 Å². The van der Waals surface area contributed by atoms with E-state index in [1.54, 1.807) is 0 Å². The van der Waals surface area contributed by atoms with E-state index < -0.39 is 52.0 Å². The van der Waals surface area contributed by atoms with Crippen LogP contribution >= 0.6 is 0 Å². The van der Waals surface area contributed by atoms with Gasteiger partial charge in [0.1, 0.15) is 22.8 Å². The van der Waals surface area contributed by atoms with E-state index in [1.807, 2.05) is 57.1 Å². The van der Waals surface area contributed by atoms with Gasteiger partial charge in [-0.2, -0.15) is 0 Å². The molecule has 6 N–H and O–H groups in total. The normalized spacial score (nSPS) is 24.7. The van der Waals surface area contributed by atoms with Crippen LogP contribution in [-0.2, 0) is 16.0 Å². The van der Waals surface area contributed by atoms with Crippen molar-refractivity contribution in [2.24, 2.45) is 17.6 Å². The van der Waals surface area contributed by atoms with E-state index in [0.717, 1.165) is 22.4 Å². The summed E-state index contributed by atoms with van der Waals surface area (Å²) in [6.45, 7) is 3.87. The summed E-state index contributed by atoms with van der Waals surface area (Å²) in [6.07, 6.45) is 0.0881. The molecule has 9 nitrogen and oxygen atoms in total. The smallest absolute Gasteiger partial charge is 0.255 e. The lowest BCUT2D eigenvalue weighted by molar-refractivity contribution is -0.144. The summed E-state index contributed by atoms with van der Waals surface area (Å²) in [6, 6.07) is 7.64. The second-order valence-electron chi connectivity index (χ2n) is 10.8. The highest BCUT2D eigenvalue weighted by molar-refractivity contribution is 6.24. The zero-order chi connectivity index (χ0) is 27.8. The highest BCUT2D eigenvalue weighted by Crippen LogP contribution is 2.53. The van der Waals surface area contributed by atoms with Crippen LogP contribution in [0.3, 0.4) is 0 Å². The van der Waals surface area contributed by atoms with Gasteiger partial charge in [0.15, 0.2) is 11.4 Å². The summed E-state index contributed by atoms with van der Waals surface area (Å²) in [5.74, 6) is -6.35. The molecule has 0 aliphatic heterocycles. The van der Waals surface area contributed by atoms with Crippen LogP contribution in [0.1, 0.15) is 39.9 Å². The summed E-state index contributed by atoms with van der Waals surface area (Å²) in [5.41, 5.74) is 6.16. The van der Waals surface area contributed by atoms with Crippen molar-refractivity contribution in [1.29, 1.82) is 0 Å². The van der Waals surface area contributed by atoms with Crippen LogP contribution in [0.4, 0.5) is 5.69 Å². The molecule has 0 heterocycles. The van der Waals surface area contributed by atoms with Crippen LogP contribution in [0.15, 0.2) is 46.9 Å². The fourth-order valence-electron chi connectivity index (χ4n) is 6.42. The zero-order valence-electron chi connectivity index (χ0n) is 21.6. The first-order valence-electron chi connectivity index (χ1n) is 12.4. The first-order valence-corrected chi connectivity index (χ1v) is 12.4. The number of anilines is 1. The Morgan fingerprint density at radius 3 is 2.24 bits per heavy atom. The van der Waals surface area contributed by atoms with Crippen molar-refractivity contribution in [3.8, 4) is 16.9 Å². The van der Waals surface area contributed by atoms with Gasteiger partial charge >= 0.3 is 0 Å². The molecule has 0 aromatic heterocycles. The van der Waals surface area contributed by atoms with Crippen LogP contribution < -0.4 is 10.6 Å². The van der Waals surface area contributed by atoms with Crippen molar-refractivity contribution < 1.29 is 34.8 Å². The molecule has 3 aliphatic carbocycles. The molecule has 3 aliphatic rings. The quantitative estimate of drug-likeness (QED) is 0.388. The topological polar surface area (TPSA) is 161 Å². The van der Waals surface area contributed by atoms with Gasteiger partial charge in [-0.15, -0.1) is 0 Å². The number of ketones is 2. The number of aryl methyl sites for hydroxylation is 2. The molecule has 2 aromatic carbocycles. The number of nitrogens with two attached hydrogens (primary N) is 1. The third-order valence-corrected chi connectivity index (χ3v) is 8.05. The van der Waals surface area contributed by atoms with Crippen LogP contribution in [0, 0.1) is 25.7 Å². The largest absolute Gasteiger partial charge is 0.511 e. The van der Waals surface area contributed by atoms with E-state index in [2.05, 4.69) is 0 Å². The minimum absolute atomic E-state index is 0.00183. The highest BCUT2D eigenvalue weighted by Gasteiger charge is 2.59. The van der Waals surface area contributed by atoms with Gasteiger partial charge in [0.25, 0.3) is 5.91 Å². The van der Waals surface area contributed by atoms with E-state index in [9.17, 15) is 34.8 Å². The molecule has 1 amide bonds. The molecule has 9 heteroatoms. The lowest BCUT2D eigenvalue weighted by Gasteiger charge is -2.46. The van der Waals surface area contributed by atoms with E-state index in [-0.39, 0.29) is 36.1 Å². The molecule has 0 saturated carbocycles. The van der Waals surface area contributed by atoms with Gasteiger partial charge in [0.2, 0.25) is 5.78 Å². The van der Waals surface area contributed by atoms with Crippen LogP contribution in [0.25, 0.3) is 11.1 Å². The average Bonchev–Trinajstić information content (AvgIpc) is 2.80. The van der Waals surface area contributed by atoms with Crippen LogP contribution in [0.5, 0.6) is 5.75 Å². The summed E-state index contributed by atoms with van der Waals surface area (Å²) >= 11 is 0. The van der Waals surface area contributed by atoms with Crippen molar-refractivity contribution in [3.63, 3.8) is 0 Å². The van der Waals surface area contributed by atoms with Gasteiger partial charge in [0.05, 0.1) is 5.56 Å². The Bertz CT molecular complexity index is 1500. The van der Waals surface area contributed by atoms with E-state index in [1.165, 1.54) is 0 Å². The van der Waals surface area contributed by atoms with Gasteiger partial charge in [-0.05, 0) is 49.8 Å². The number of amides is 1. The fraction of sp³-hybridized carbons (Fsp3) is 0.345. The van der Waals surface area contributed by atoms with Crippen LogP contribution in [-0.4, -0.2) is 57.6 Å². The number of rotatable bonds is 3. The predicted octanol–water partition coefficient (Wildman–Crippen LogP) is 2.93. The summed E-state index contributed by atoms with van der Waals surface area (Å²) in [4.78, 5) is 40.9. The summed E-state index contributed by atoms with van der Waals surface area (Å²) < 4.78 is 0. The number of fused-ring (bicyclic) bond motifs is 3. The third kappa shape index (κ3) is 3.45. The monoisotopic (exact) mass is 518 g/mol. The van der Waals surface area contributed by atoms with E-state index in [4.69, 9.17) is 5.73 Å². The lowest BCUT2D eigenvalue weighted by atomic mass is 9.60. The fourth-order valence-corrected chi connectivity index (χ4v) is 6.42. The number of Topliss-reactive ketones (excluding diaryl/α,β-unsaturated/α-hetero) is 2. The second kappa shape index (κ2) is 8.46. The standard InChI is InChI=1S/C29H30N2O7/c1-12-5-13(2)7-14(6-12)17-11-19(31(3)4)18-9-15-8-16-10-20(32)23(28(30)37)27(36)29(16,38)26(35)21(15)25(34)22(18)24(17)33/h5-7,11,15-16,32-33,35,38H,8-10H2,1-4H3,(H2,30,37)/t15-,16+,29+/m1/s1. The molecule has 3 atom stereocenters. The Hall–Kier alpha value is -4.11. The molecule has 0 bridgehead atoms. The number of phenols is 1. The minimum atomic E-state index is -2.58. The van der Waals surface area contributed by atoms with Gasteiger partial charge in [-0.1, -0.05) is 29.3 Å². The number of aliphatic hydroxyl groups is 3. The molecule has 0 spiro atoms. The molecule has 0 saturated heterocycles. The molecule has 2 aromatic rings. The third-order valence-electron chi connectivity index (χ3n) is 8.05. The second-order valence-corrected chi connectivity index (χ2v) is 10.8. The highest BCUT2D eigenvalue weighted by atomic mass is 16.3. The number of nitrogens with zero attached hydrogens (tertiary/aromatic N) is 1. The Kier molecular flexibility index (Phi) is 5.68. The van der Waals surface area contributed by atoms with Crippen molar-refractivity contribution in [2.75, 3.05) is 19.0 Å². The molecule has 198 valence electrons. The predicted molar refractivity (Wildman–Crippen MR) is 140 cm³/mol. The molecule has 5 rings (SSSR count). The average molecular weight is 519 g/mol. The van der Waals surface area contributed by atoms with Crippen molar-refractivity contribution in [1.82, 2.24) is 0 Å². The van der Waals surface area contributed by atoms with Gasteiger partial charge < -0.3 is 31.1 Å². The molecular weight excluding hydrogens is 488 g/mol. The van der Waals surface area contributed by atoms with Crippen LogP contribution in [0.2, 0.25) is 0 Å². The Morgan fingerprint density at radius 1 is 1.03 bits per heavy atom. The SMILES string of the molecule is Cc1cc(C)cc(-c2cc(N(C)C)c3c(c2O)C(=O)C2=C(O)[C@]4(O)C(=O)C(C(N)=O)=C(O)C[C@@H]4C[C@@H]2C3)c1. The Labute approximate surface area is 219 Å². The maximum atomic E-state index is 14.0. The van der Waals surface area contributed by atoms with Crippen molar-refractivity contribution >= 4 is 23.2 Å². The number of carbonyl (C=O) groups excluding carboxylic acids is 3. The van der Waals surface area contributed by atoms with Crippen molar-refractivity contribution in [3.05, 3.63) is 69.2 Å². The molecule has 0 radical (unpaired) electrons. The zero-order valence-corrected chi connectivity index (χ0v) is 21.6. The lowest BCUT2D eigenvalue weighted by Crippen LogP contribution is -2.57. The number of primary amides is 1. The van der Waals surface area contributed by atoms with Gasteiger partial charge in [-0.3, -0.25) is 14.4 Å². The number of allylic oxidation sites excluding steroid dienone is 2. The Morgan fingerprint density at radius 2 is 1.66 bits per heavy atom. The van der Waals surface area contributed by atoms with E-state index >= 15 is 0 Å². The molecule has 0 fully saturated rings. The number of phenolic OH excluding ortho intramolecular Hbond substituents is 1. The first kappa shape index (κ1) is 25.5. The minimum Gasteiger partial charge on any atom is -0.511 e. The number of benzene rings is 2. The Balaban J connectivity index is 1.74. The first-order chi connectivity index (χ1) is 17.8. The maximum absolute atomic E-state index is 14.0. The number of aliphatic hydroxyl groups excluding tert-OH is 2. The van der Waals surface area contributed by atoms with Crippen molar-refractivity contribution in [2.45, 2.75) is 38.7 Å². The number of carbonyl (C=O) groups is 3.